The second-order valence-corrected chi connectivity index (χ2v) is 4.50. The molecular weight excluding hydrogens is 236 g/mol. The van der Waals surface area contributed by atoms with Gasteiger partial charge in [0.25, 0.3) is 0 Å². The molecule has 0 aromatic rings. The molecule has 0 rings (SSSR count). The Labute approximate surface area is 118 Å². The zero-order valence-electron chi connectivity index (χ0n) is 12.4. The molecule has 0 bridgehead atoms. The number of unbranched alkanes of at least 4 members (excludes halogenated alkanes) is 3. The van der Waals surface area contributed by atoms with Crippen LogP contribution in [0.1, 0.15) is 58.3 Å². The highest BCUT2D eigenvalue weighted by molar-refractivity contribution is 5.68. The van der Waals surface area contributed by atoms with E-state index in [0.29, 0.717) is 6.42 Å². The first kappa shape index (κ1) is 17.7. The average Bonchev–Trinajstić information content (AvgIpc) is 2.43. The number of carbonyl (C=O) groups is 1. The minimum absolute atomic E-state index is 0.108. The quantitative estimate of drug-likeness (QED) is 0.299. The first-order valence-corrected chi connectivity index (χ1v) is 7.33. The predicted octanol–water partition coefficient (Wildman–Crippen LogP) is 4.97. The number of allylic oxidation sites excluding steroid dienone is 6. The van der Waals surface area contributed by atoms with E-state index in [2.05, 4.69) is 48.1 Å². The smallest absolute Gasteiger partial charge is 0.305 e. The van der Waals surface area contributed by atoms with E-state index < -0.39 is 0 Å². The number of hydrogen-bond donors (Lipinski definition) is 0. The van der Waals surface area contributed by atoms with E-state index in [1.807, 2.05) is 0 Å². The molecule has 0 saturated heterocycles. The number of rotatable bonds is 11. The van der Waals surface area contributed by atoms with Crippen molar-refractivity contribution in [1.82, 2.24) is 0 Å². The highest BCUT2D eigenvalue weighted by atomic mass is 16.5. The van der Waals surface area contributed by atoms with Gasteiger partial charge in [-0.05, 0) is 38.5 Å². The van der Waals surface area contributed by atoms with E-state index in [9.17, 15) is 4.79 Å². The van der Waals surface area contributed by atoms with Crippen molar-refractivity contribution in [2.45, 2.75) is 58.3 Å². The summed E-state index contributed by atoms with van der Waals surface area (Å²) >= 11 is 0. The number of ether oxygens (including phenoxy) is 1. The lowest BCUT2D eigenvalue weighted by molar-refractivity contribution is -0.140. The van der Waals surface area contributed by atoms with Crippen molar-refractivity contribution in [2.24, 2.45) is 0 Å². The lowest BCUT2D eigenvalue weighted by Gasteiger charge is -1.96. The summed E-state index contributed by atoms with van der Waals surface area (Å²) in [6, 6.07) is 0. The van der Waals surface area contributed by atoms with E-state index in [1.165, 1.54) is 20.0 Å². The molecule has 0 spiro atoms. The minimum atomic E-state index is -0.108. The molecular formula is C17H28O2. The third-order valence-electron chi connectivity index (χ3n) is 2.73. The third-order valence-corrected chi connectivity index (χ3v) is 2.73. The summed E-state index contributed by atoms with van der Waals surface area (Å²) in [6.45, 7) is 2.19. The van der Waals surface area contributed by atoms with Gasteiger partial charge >= 0.3 is 5.97 Å². The number of esters is 1. The molecule has 0 amide bonds. The first-order chi connectivity index (χ1) is 9.31. The van der Waals surface area contributed by atoms with Gasteiger partial charge in [0, 0.05) is 6.42 Å². The maximum Gasteiger partial charge on any atom is 0.305 e. The number of carbonyl (C=O) groups excluding carboxylic acids is 1. The summed E-state index contributed by atoms with van der Waals surface area (Å²) in [7, 11) is 1.44. The van der Waals surface area contributed by atoms with Crippen LogP contribution in [0.5, 0.6) is 0 Å². The lowest BCUT2D eigenvalue weighted by atomic mass is 10.2. The van der Waals surface area contributed by atoms with Crippen molar-refractivity contribution < 1.29 is 9.53 Å². The van der Waals surface area contributed by atoms with Gasteiger partial charge in [0.2, 0.25) is 0 Å². The maximum absolute atomic E-state index is 10.9. The van der Waals surface area contributed by atoms with Crippen LogP contribution in [0.4, 0.5) is 0 Å². The third kappa shape index (κ3) is 14.6. The van der Waals surface area contributed by atoms with Crippen LogP contribution < -0.4 is 0 Å². The molecule has 0 saturated carbocycles. The summed E-state index contributed by atoms with van der Waals surface area (Å²) < 4.78 is 4.59. The molecule has 0 aliphatic heterocycles. The molecule has 0 radical (unpaired) electrons. The summed E-state index contributed by atoms with van der Waals surface area (Å²) in [5, 5.41) is 0. The zero-order chi connectivity index (χ0) is 14.2. The predicted molar refractivity (Wildman–Crippen MR) is 82.0 cm³/mol. The van der Waals surface area contributed by atoms with E-state index in [4.69, 9.17) is 0 Å². The van der Waals surface area contributed by atoms with Crippen LogP contribution in [-0.2, 0) is 9.53 Å². The van der Waals surface area contributed by atoms with Crippen LogP contribution in [0.3, 0.4) is 0 Å². The molecule has 2 nitrogen and oxygen atoms in total. The Hall–Kier alpha value is -1.31. The molecule has 0 aromatic heterocycles. The average molecular weight is 264 g/mol. The Morgan fingerprint density at radius 1 is 0.895 bits per heavy atom. The molecule has 0 aliphatic carbocycles. The molecule has 0 fully saturated rings. The zero-order valence-corrected chi connectivity index (χ0v) is 12.4. The molecule has 0 aliphatic rings. The Bertz CT molecular complexity index is 288. The normalized spacial score (nSPS) is 11.9. The monoisotopic (exact) mass is 264 g/mol. The van der Waals surface area contributed by atoms with Gasteiger partial charge in [-0.1, -0.05) is 49.8 Å². The Kier molecular flexibility index (Phi) is 13.7. The fraction of sp³-hybridized carbons (Fsp3) is 0.588. The summed E-state index contributed by atoms with van der Waals surface area (Å²) in [5.74, 6) is -0.108. The molecule has 0 heterocycles. The van der Waals surface area contributed by atoms with Gasteiger partial charge in [0.1, 0.15) is 0 Å². The minimum Gasteiger partial charge on any atom is -0.469 e. The summed E-state index contributed by atoms with van der Waals surface area (Å²) in [6.07, 6.45) is 21.2. The summed E-state index contributed by atoms with van der Waals surface area (Å²) in [5.41, 5.74) is 0. The molecule has 108 valence electrons. The molecule has 19 heavy (non-hydrogen) atoms. The van der Waals surface area contributed by atoms with Crippen LogP contribution in [-0.4, -0.2) is 13.1 Å². The van der Waals surface area contributed by atoms with E-state index in [0.717, 1.165) is 32.1 Å². The van der Waals surface area contributed by atoms with Gasteiger partial charge in [0.05, 0.1) is 7.11 Å². The van der Waals surface area contributed by atoms with Crippen LogP contribution in [0.25, 0.3) is 0 Å². The molecule has 0 N–H and O–H groups in total. The van der Waals surface area contributed by atoms with E-state index >= 15 is 0 Å². The second-order valence-electron chi connectivity index (χ2n) is 4.50. The summed E-state index contributed by atoms with van der Waals surface area (Å²) in [4.78, 5) is 10.9. The van der Waals surface area contributed by atoms with Gasteiger partial charge in [-0.2, -0.15) is 0 Å². The van der Waals surface area contributed by atoms with E-state index in [-0.39, 0.29) is 5.97 Å². The topological polar surface area (TPSA) is 26.3 Å². The number of methoxy groups -OCH3 is 1. The standard InChI is InChI=1S/C17H28O2/c1-3-4-5-6-7-8-9-10-11-12-13-14-15-16-17(18)19-2/h5-6,8-9,11-12H,3-4,7,10,13-16H2,1-2H3. The SMILES string of the molecule is CCCC=CCC=CCC=CCCCCC(=O)OC. The van der Waals surface area contributed by atoms with Crippen LogP contribution in [0.15, 0.2) is 36.5 Å². The van der Waals surface area contributed by atoms with Crippen molar-refractivity contribution >= 4 is 5.97 Å². The van der Waals surface area contributed by atoms with Crippen molar-refractivity contribution in [1.29, 1.82) is 0 Å². The Morgan fingerprint density at radius 2 is 1.47 bits per heavy atom. The molecule has 2 heteroatoms. The van der Waals surface area contributed by atoms with Crippen LogP contribution in [0.2, 0.25) is 0 Å². The lowest BCUT2D eigenvalue weighted by Crippen LogP contribution is -1.98. The van der Waals surface area contributed by atoms with Gasteiger partial charge in [-0.25, -0.2) is 0 Å². The van der Waals surface area contributed by atoms with Gasteiger partial charge < -0.3 is 4.74 Å². The maximum atomic E-state index is 10.9. The molecule has 0 unspecified atom stereocenters. The van der Waals surface area contributed by atoms with Crippen molar-refractivity contribution in [3.63, 3.8) is 0 Å². The first-order valence-electron chi connectivity index (χ1n) is 7.33. The highest BCUT2D eigenvalue weighted by Gasteiger charge is 1.97. The Morgan fingerprint density at radius 3 is 2.05 bits per heavy atom. The largest absolute Gasteiger partial charge is 0.469 e. The fourth-order valence-corrected chi connectivity index (χ4v) is 1.58. The van der Waals surface area contributed by atoms with Crippen molar-refractivity contribution in [3.05, 3.63) is 36.5 Å². The van der Waals surface area contributed by atoms with Crippen molar-refractivity contribution in [3.8, 4) is 0 Å². The van der Waals surface area contributed by atoms with Crippen LogP contribution >= 0.6 is 0 Å². The Balaban J connectivity index is 3.34. The molecule has 0 atom stereocenters. The van der Waals surface area contributed by atoms with Gasteiger partial charge in [-0.3, -0.25) is 4.79 Å². The molecule has 0 aromatic carbocycles. The second kappa shape index (κ2) is 14.7. The fourth-order valence-electron chi connectivity index (χ4n) is 1.58. The van der Waals surface area contributed by atoms with Crippen molar-refractivity contribution in [2.75, 3.05) is 7.11 Å². The number of hydrogen-bond acceptors (Lipinski definition) is 2. The van der Waals surface area contributed by atoms with Gasteiger partial charge in [-0.15, -0.1) is 0 Å². The highest BCUT2D eigenvalue weighted by Crippen LogP contribution is 2.02. The van der Waals surface area contributed by atoms with Crippen LogP contribution in [0, 0.1) is 0 Å². The van der Waals surface area contributed by atoms with E-state index in [1.54, 1.807) is 0 Å². The van der Waals surface area contributed by atoms with Gasteiger partial charge in [0.15, 0.2) is 0 Å².